The zero-order valence-electron chi connectivity index (χ0n) is 13.9. The van der Waals surface area contributed by atoms with Crippen LogP contribution in [0.1, 0.15) is 27.0 Å². The highest BCUT2D eigenvalue weighted by Gasteiger charge is 2.34. The first-order valence-electron chi connectivity index (χ1n) is 7.95. The Morgan fingerprint density at radius 2 is 1.63 bits per heavy atom. The second kappa shape index (κ2) is 7.19. The molecule has 0 radical (unpaired) electrons. The highest BCUT2D eigenvalue weighted by Crippen LogP contribution is 2.32. The van der Waals surface area contributed by atoms with Gasteiger partial charge in [0.05, 0.1) is 11.3 Å². The first-order valence-corrected chi connectivity index (χ1v) is 7.95. The van der Waals surface area contributed by atoms with E-state index in [1.807, 2.05) is 0 Å². The molecular weight excluding hydrogens is 360 g/mol. The third kappa shape index (κ3) is 4.31. The van der Waals surface area contributed by atoms with Crippen molar-refractivity contribution in [1.29, 1.82) is 0 Å². The van der Waals surface area contributed by atoms with Crippen molar-refractivity contribution >= 4 is 5.91 Å². The van der Waals surface area contributed by atoms with E-state index in [-0.39, 0.29) is 6.42 Å². The van der Waals surface area contributed by atoms with Gasteiger partial charge in [-0.2, -0.15) is 13.2 Å². The van der Waals surface area contributed by atoms with Gasteiger partial charge in [-0.05, 0) is 53.9 Å². The van der Waals surface area contributed by atoms with E-state index >= 15 is 0 Å². The minimum atomic E-state index is -4.74. The summed E-state index contributed by atoms with van der Waals surface area (Å²) >= 11 is 0. The van der Waals surface area contributed by atoms with E-state index in [1.54, 1.807) is 42.6 Å². The number of aromatic nitrogens is 1. The average Bonchev–Trinajstić information content (AvgIpc) is 2.63. The lowest BCUT2D eigenvalue weighted by Crippen LogP contribution is -2.10. The lowest BCUT2D eigenvalue weighted by Gasteiger charge is -2.11. The van der Waals surface area contributed by atoms with Crippen LogP contribution in [-0.2, 0) is 12.6 Å². The number of hydrogen-bond acceptors (Lipinski definition) is 2. The van der Waals surface area contributed by atoms with Crippen molar-refractivity contribution in [2.24, 2.45) is 5.73 Å². The molecule has 0 fully saturated rings. The Hall–Kier alpha value is -3.22. The molecule has 27 heavy (non-hydrogen) atoms. The number of benzene rings is 2. The number of hydrogen-bond donors (Lipinski definition) is 1. The number of pyridine rings is 1. The molecule has 0 bridgehead atoms. The molecule has 7 heteroatoms. The van der Waals surface area contributed by atoms with Crippen LogP contribution >= 0.6 is 0 Å². The first kappa shape index (κ1) is 18.6. The number of nitrogens with two attached hydrogens (primary N) is 1. The lowest BCUT2D eigenvalue weighted by molar-refractivity contribution is -0.140. The zero-order chi connectivity index (χ0) is 19.6. The van der Waals surface area contributed by atoms with Gasteiger partial charge in [0, 0.05) is 17.3 Å². The Balaban J connectivity index is 1.87. The fraction of sp³-hybridized carbons (Fsp3) is 0.100. The second-order valence-corrected chi connectivity index (χ2v) is 5.98. The number of primary amides is 1. The molecule has 3 aromatic rings. The van der Waals surface area contributed by atoms with Gasteiger partial charge in [0.25, 0.3) is 0 Å². The van der Waals surface area contributed by atoms with Crippen LogP contribution < -0.4 is 5.73 Å². The summed E-state index contributed by atoms with van der Waals surface area (Å²) in [5.41, 5.74) is 6.68. The summed E-state index contributed by atoms with van der Waals surface area (Å²) in [6.45, 7) is 0. The minimum Gasteiger partial charge on any atom is -0.366 e. The second-order valence-electron chi connectivity index (χ2n) is 5.98. The molecule has 3 nitrogen and oxygen atoms in total. The SMILES string of the molecule is NC(=O)c1ccc(-c2cc(Cc3ccc(F)c(C(F)(F)F)c3)ccn2)cc1. The molecule has 1 heterocycles. The standard InChI is InChI=1S/C20H14F4N2O/c21-17-6-1-12(10-16(17)20(22,23)24)9-13-7-8-26-18(11-13)14-2-4-15(5-3-14)19(25)27/h1-8,10-11H,9H2,(H2,25,27). The quantitative estimate of drug-likeness (QED) is 0.679. The van der Waals surface area contributed by atoms with Crippen LogP contribution in [0, 0.1) is 5.82 Å². The molecule has 0 atom stereocenters. The van der Waals surface area contributed by atoms with Crippen molar-refractivity contribution in [1.82, 2.24) is 4.98 Å². The lowest BCUT2D eigenvalue weighted by atomic mass is 10.0. The Kier molecular flexibility index (Phi) is 4.94. The highest BCUT2D eigenvalue weighted by atomic mass is 19.4. The maximum atomic E-state index is 13.4. The number of nitrogens with zero attached hydrogens (tertiary/aromatic N) is 1. The van der Waals surface area contributed by atoms with Gasteiger partial charge >= 0.3 is 6.18 Å². The maximum absolute atomic E-state index is 13.4. The Labute approximate surface area is 152 Å². The summed E-state index contributed by atoms with van der Waals surface area (Å²) in [6, 6.07) is 12.9. The Morgan fingerprint density at radius 3 is 2.26 bits per heavy atom. The van der Waals surface area contributed by atoms with Gasteiger partial charge < -0.3 is 5.73 Å². The molecule has 0 aliphatic heterocycles. The van der Waals surface area contributed by atoms with Crippen molar-refractivity contribution < 1.29 is 22.4 Å². The predicted molar refractivity (Wildman–Crippen MR) is 92.4 cm³/mol. The van der Waals surface area contributed by atoms with Crippen LogP contribution in [0.5, 0.6) is 0 Å². The van der Waals surface area contributed by atoms with Crippen molar-refractivity contribution in [3.63, 3.8) is 0 Å². The average molecular weight is 374 g/mol. The highest BCUT2D eigenvalue weighted by molar-refractivity contribution is 5.93. The maximum Gasteiger partial charge on any atom is 0.419 e. The number of carbonyl (C=O) groups is 1. The fourth-order valence-corrected chi connectivity index (χ4v) is 2.68. The van der Waals surface area contributed by atoms with Gasteiger partial charge in [-0.15, -0.1) is 0 Å². The van der Waals surface area contributed by atoms with Crippen LogP contribution in [0.4, 0.5) is 17.6 Å². The van der Waals surface area contributed by atoms with E-state index in [0.717, 1.165) is 23.3 Å². The molecule has 2 aromatic carbocycles. The Morgan fingerprint density at radius 1 is 0.963 bits per heavy atom. The molecule has 0 saturated carbocycles. The van der Waals surface area contributed by atoms with Gasteiger partial charge in [0.2, 0.25) is 5.91 Å². The minimum absolute atomic E-state index is 0.193. The van der Waals surface area contributed by atoms with Crippen molar-refractivity contribution in [2.45, 2.75) is 12.6 Å². The summed E-state index contributed by atoms with van der Waals surface area (Å²) in [6.07, 6.45) is -3.01. The van der Waals surface area contributed by atoms with Gasteiger partial charge in [0.1, 0.15) is 5.82 Å². The topological polar surface area (TPSA) is 56.0 Å². The normalized spacial score (nSPS) is 11.4. The third-order valence-corrected chi connectivity index (χ3v) is 4.03. The number of amides is 1. The molecule has 1 aromatic heterocycles. The van der Waals surface area contributed by atoms with Crippen LogP contribution in [0.2, 0.25) is 0 Å². The van der Waals surface area contributed by atoms with Crippen LogP contribution in [-0.4, -0.2) is 10.9 Å². The van der Waals surface area contributed by atoms with Gasteiger partial charge in [-0.1, -0.05) is 18.2 Å². The number of alkyl halides is 3. The van der Waals surface area contributed by atoms with Gasteiger partial charge in [-0.3, -0.25) is 9.78 Å². The van der Waals surface area contributed by atoms with Crippen LogP contribution in [0.25, 0.3) is 11.3 Å². The van der Waals surface area contributed by atoms with E-state index in [1.165, 1.54) is 6.07 Å². The molecule has 0 unspecified atom stereocenters. The Bertz CT molecular complexity index is 982. The molecule has 138 valence electrons. The molecule has 0 aliphatic carbocycles. The van der Waals surface area contributed by atoms with E-state index in [4.69, 9.17) is 5.73 Å². The third-order valence-electron chi connectivity index (χ3n) is 4.03. The molecule has 0 saturated heterocycles. The number of carbonyl (C=O) groups excluding carboxylic acids is 1. The predicted octanol–water partition coefficient (Wildman–Crippen LogP) is 4.60. The molecule has 0 aliphatic rings. The van der Waals surface area contributed by atoms with Gasteiger partial charge in [0.15, 0.2) is 0 Å². The largest absolute Gasteiger partial charge is 0.419 e. The molecular formula is C20H14F4N2O. The molecule has 3 rings (SSSR count). The van der Waals surface area contributed by atoms with Crippen LogP contribution in [0.15, 0.2) is 60.8 Å². The summed E-state index contributed by atoms with van der Waals surface area (Å²) in [5, 5.41) is 0. The fourth-order valence-electron chi connectivity index (χ4n) is 2.68. The smallest absolute Gasteiger partial charge is 0.366 e. The van der Waals surface area contributed by atoms with Crippen molar-refractivity contribution in [3.8, 4) is 11.3 Å². The van der Waals surface area contributed by atoms with E-state index < -0.39 is 23.5 Å². The molecule has 1 amide bonds. The van der Waals surface area contributed by atoms with E-state index in [9.17, 15) is 22.4 Å². The molecule has 2 N–H and O–H groups in total. The number of rotatable bonds is 4. The summed E-state index contributed by atoms with van der Waals surface area (Å²) < 4.78 is 52.0. The van der Waals surface area contributed by atoms with E-state index in [2.05, 4.69) is 4.98 Å². The first-order chi connectivity index (χ1) is 12.7. The summed E-state index contributed by atoms with van der Waals surface area (Å²) in [5.74, 6) is -1.84. The van der Waals surface area contributed by atoms with Crippen molar-refractivity contribution in [2.75, 3.05) is 0 Å². The summed E-state index contributed by atoms with van der Waals surface area (Å²) in [7, 11) is 0. The van der Waals surface area contributed by atoms with Crippen LogP contribution in [0.3, 0.4) is 0 Å². The number of halogens is 4. The van der Waals surface area contributed by atoms with Crippen molar-refractivity contribution in [3.05, 3.63) is 88.9 Å². The monoisotopic (exact) mass is 374 g/mol. The molecule has 0 spiro atoms. The summed E-state index contributed by atoms with van der Waals surface area (Å²) in [4.78, 5) is 15.4. The zero-order valence-corrected chi connectivity index (χ0v) is 13.9. The van der Waals surface area contributed by atoms with E-state index in [0.29, 0.717) is 16.8 Å². The van der Waals surface area contributed by atoms with Gasteiger partial charge in [-0.25, -0.2) is 4.39 Å².